The fourth-order valence-corrected chi connectivity index (χ4v) is 6.24. The number of nitrogens with zero attached hydrogens (tertiary/aromatic N) is 2. The van der Waals surface area contributed by atoms with Gasteiger partial charge in [0.05, 0.1) is 22.0 Å². The number of carbonyl (C=O) groups is 1. The summed E-state index contributed by atoms with van der Waals surface area (Å²) in [6.07, 6.45) is -0.0910. The van der Waals surface area contributed by atoms with E-state index in [0.29, 0.717) is 42.5 Å². The molecule has 2 N–H and O–H groups in total. The van der Waals surface area contributed by atoms with Gasteiger partial charge in [-0.1, -0.05) is 26.0 Å². The predicted octanol–water partition coefficient (Wildman–Crippen LogP) is 5.57. The maximum absolute atomic E-state index is 13.1. The van der Waals surface area contributed by atoms with Crippen LogP contribution in [0.5, 0.6) is 0 Å². The number of aromatic nitrogens is 2. The fraction of sp³-hybridized carbons (Fsp3) is 0.375. The molecule has 0 unspecified atom stereocenters. The summed E-state index contributed by atoms with van der Waals surface area (Å²) >= 11 is 1.17. The Morgan fingerprint density at radius 2 is 1.75 bits per heavy atom. The topological polar surface area (TPSA) is 101 Å². The zero-order valence-corrected chi connectivity index (χ0v) is 21.2. The number of benzene rings is 1. The second-order valence-electron chi connectivity index (χ2n) is 8.67. The number of anilines is 1. The lowest BCUT2D eigenvalue weighted by molar-refractivity contribution is -0.137. The number of halogens is 3. The van der Waals surface area contributed by atoms with E-state index in [1.54, 1.807) is 17.5 Å². The highest BCUT2D eigenvalue weighted by molar-refractivity contribution is 7.93. The molecule has 4 rings (SSSR count). The molecule has 0 aliphatic heterocycles. The molecule has 0 bridgehead atoms. The van der Waals surface area contributed by atoms with Crippen LogP contribution >= 0.6 is 11.3 Å². The standard InChI is InChI=1S/C24H25F3N4O3S2/c1-3-23(4-2,20-14-35-22(29-20)31-36(33,34)19-9-10-19)30-21(32)16-7-5-15(6-8-16)17-11-18(13-28-12-17)24(25,26)27/h5-8,11-14,19H,3-4,9-10H2,1-2H3,(H,29,31)(H,30,32). The lowest BCUT2D eigenvalue weighted by Crippen LogP contribution is -2.45. The molecular weight excluding hydrogens is 513 g/mol. The molecule has 1 aliphatic carbocycles. The van der Waals surface area contributed by atoms with E-state index >= 15 is 0 Å². The monoisotopic (exact) mass is 538 g/mol. The number of thiazole rings is 1. The molecule has 1 amide bonds. The SMILES string of the molecule is CCC(CC)(NC(=O)c1ccc(-c2cncc(C(F)(F)F)c2)cc1)c1csc(NS(=O)(=O)C2CC2)n1. The number of amides is 1. The predicted molar refractivity (Wildman–Crippen MR) is 132 cm³/mol. The van der Waals surface area contributed by atoms with Crippen LogP contribution in [0, 0.1) is 0 Å². The Hall–Kier alpha value is -2.99. The third-order valence-electron chi connectivity index (χ3n) is 6.29. The van der Waals surface area contributed by atoms with Gasteiger partial charge < -0.3 is 5.32 Å². The van der Waals surface area contributed by atoms with Gasteiger partial charge in [0.25, 0.3) is 5.91 Å². The number of rotatable bonds is 9. The van der Waals surface area contributed by atoms with Crippen molar-refractivity contribution in [3.8, 4) is 11.1 Å². The zero-order chi connectivity index (χ0) is 26.1. The quantitative estimate of drug-likeness (QED) is 0.371. The van der Waals surface area contributed by atoms with E-state index in [9.17, 15) is 26.4 Å². The van der Waals surface area contributed by atoms with Gasteiger partial charge in [-0.15, -0.1) is 11.3 Å². The number of pyridine rings is 1. The van der Waals surface area contributed by atoms with Crippen LogP contribution in [-0.4, -0.2) is 29.5 Å². The molecule has 0 spiro atoms. The summed E-state index contributed by atoms with van der Waals surface area (Å²) in [7, 11) is -3.45. The molecule has 1 saturated carbocycles. The van der Waals surface area contributed by atoms with Crippen LogP contribution in [0.25, 0.3) is 11.1 Å². The molecule has 2 aromatic heterocycles. The van der Waals surface area contributed by atoms with Gasteiger partial charge in [-0.3, -0.25) is 14.5 Å². The van der Waals surface area contributed by atoms with Gasteiger partial charge >= 0.3 is 6.18 Å². The lowest BCUT2D eigenvalue weighted by Gasteiger charge is -2.31. The second kappa shape index (κ2) is 9.81. The molecule has 36 heavy (non-hydrogen) atoms. The average Bonchev–Trinajstić information content (AvgIpc) is 3.63. The Morgan fingerprint density at radius 1 is 1.08 bits per heavy atom. The van der Waals surface area contributed by atoms with Crippen molar-refractivity contribution in [1.82, 2.24) is 15.3 Å². The van der Waals surface area contributed by atoms with Crippen molar-refractivity contribution in [2.45, 2.75) is 56.5 Å². The van der Waals surface area contributed by atoms with Gasteiger partial charge in [-0.25, -0.2) is 13.4 Å². The smallest absolute Gasteiger partial charge is 0.341 e. The van der Waals surface area contributed by atoms with Crippen LogP contribution in [0.4, 0.5) is 18.3 Å². The van der Waals surface area contributed by atoms with E-state index in [2.05, 4.69) is 20.0 Å². The minimum atomic E-state index is -4.50. The Labute approximate surface area is 211 Å². The molecule has 3 aromatic rings. The second-order valence-corrected chi connectivity index (χ2v) is 11.5. The number of sulfonamides is 1. The van der Waals surface area contributed by atoms with Gasteiger partial charge in [-0.2, -0.15) is 13.2 Å². The molecular formula is C24H25F3N4O3S2. The summed E-state index contributed by atoms with van der Waals surface area (Å²) in [5.74, 6) is -0.375. The third kappa shape index (κ3) is 5.54. The summed E-state index contributed by atoms with van der Waals surface area (Å²) in [6, 6.07) is 7.23. The molecule has 0 atom stereocenters. The first kappa shape index (κ1) is 26.1. The Bertz CT molecular complexity index is 1350. The lowest BCUT2D eigenvalue weighted by atomic mass is 9.89. The van der Waals surface area contributed by atoms with Gasteiger partial charge in [-0.05, 0) is 49.4 Å². The summed E-state index contributed by atoms with van der Waals surface area (Å²) in [6.45, 7) is 3.81. The number of nitrogens with one attached hydrogen (secondary N) is 2. The van der Waals surface area contributed by atoms with Crippen LogP contribution in [0.1, 0.15) is 61.1 Å². The molecule has 192 valence electrons. The van der Waals surface area contributed by atoms with E-state index in [0.717, 1.165) is 12.3 Å². The van der Waals surface area contributed by atoms with Gasteiger partial charge in [0.1, 0.15) is 0 Å². The first-order valence-electron chi connectivity index (χ1n) is 11.4. The van der Waals surface area contributed by atoms with Crippen LogP contribution in [-0.2, 0) is 21.7 Å². The number of hydrogen-bond donors (Lipinski definition) is 2. The van der Waals surface area contributed by atoms with Gasteiger partial charge in [0, 0.05) is 28.9 Å². The molecule has 1 aromatic carbocycles. The first-order valence-corrected chi connectivity index (χ1v) is 13.8. The van der Waals surface area contributed by atoms with Crippen LogP contribution in [0.3, 0.4) is 0 Å². The van der Waals surface area contributed by atoms with Crippen molar-refractivity contribution in [3.63, 3.8) is 0 Å². The largest absolute Gasteiger partial charge is 0.417 e. The van der Waals surface area contributed by atoms with Crippen LogP contribution in [0.2, 0.25) is 0 Å². The molecule has 0 saturated heterocycles. The molecule has 12 heteroatoms. The third-order valence-corrected chi connectivity index (χ3v) is 9.01. The minimum absolute atomic E-state index is 0.261. The number of hydrogen-bond acceptors (Lipinski definition) is 6. The highest BCUT2D eigenvalue weighted by atomic mass is 32.2. The van der Waals surface area contributed by atoms with E-state index in [-0.39, 0.29) is 21.9 Å². The van der Waals surface area contributed by atoms with Crippen molar-refractivity contribution < 1.29 is 26.4 Å². The van der Waals surface area contributed by atoms with Crippen molar-refractivity contribution in [2.24, 2.45) is 0 Å². The molecule has 7 nitrogen and oxygen atoms in total. The van der Waals surface area contributed by atoms with Crippen molar-refractivity contribution in [3.05, 3.63) is 64.9 Å². The van der Waals surface area contributed by atoms with Crippen molar-refractivity contribution in [2.75, 3.05) is 4.72 Å². The first-order chi connectivity index (χ1) is 17.0. The van der Waals surface area contributed by atoms with Gasteiger partial charge in [0.2, 0.25) is 10.0 Å². The van der Waals surface area contributed by atoms with E-state index in [4.69, 9.17) is 0 Å². The highest BCUT2D eigenvalue weighted by Crippen LogP contribution is 2.35. The van der Waals surface area contributed by atoms with Gasteiger partial charge in [0.15, 0.2) is 5.13 Å². The van der Waals surface area contributed by atoms with Crippen molar-refractivity contribution in [1.29, 1.82) is 0 Å². The van der Waals surface area contributed by atoms with E-state index < -0.39 is 27.3 Å². The summed E-state index contributed by atoms with van der Waals surface area (Å²) in [5, 5.41) is 4.65. The zero-order valence-electron chi connectivity index (χ0n) is 19.6. The number of carbonyl (C=O) groups excluding carboxylic acids is 1. The minimum Gasteiger partial charge on any atom is -0.341 e. The normalized spacial score (nSPS) is 14.5. The van der Waals surface area contributed by atoms with Crippen LogP contribution < -0.4 is 10.0 Å². The maximum atomic E-state index is 13.1. The molecule has 1 fully saturated rings. The number of alkyl halides is 3. The Kier molecular flexibility index (Phi) is 7.11. The van der Waals surface area contributed by atoms with Crippen LogP contribution in [0.15, 0.2) is 48.1 Å². The Balaban J connectivity index is 1.52. The Morgan fingerprint density at radius 3 is 2.33 bits per heavy atom. The molecule has 1 aliphatic rings. The molecule has 2 heterocycles. The summed E-state index contributed by atoms with van der Waals surface area (Å²) in [5.41, 5.74) is 0.00677. The fourth-order valence-electron chi connectivity index (χ4n) is 3.83. The molecule has 0 radical (unpaired) electrons. The highest BCUT2D eigenvalue weighted by Gasteiger charge is 2.38. The van der Waals surface area contributed by atoms with Crippen molar-refractivity contribution >= 4 is 32.4 Å². The summed E-state index contributed by atoms with van der Waals surface area (Å²) in [4.78, 5) is 21.3. The average molecular weight is 539 g/mol. The summed E-state index contributed by atoms with van der Waals surface area (Å²) < 4.78 is 66.0. The van der Waals surface area contributed by atoms with E-state index in [1.807, 2.05) is 13.8 Å². The maximum Gasteiger partial charge on any atom is 0.417 e. The van der Waals surface area contributed by atoms with E-state index in [1.165, 1.54) is 29.7 Å².